The minimum absolute atomic E-state index is 0.251. The van der Waals surface area contributed by atoms with Gasteiger partial charge in [0.25, 0.3) is 5.91 Å². The molecule has 28 heavy (non-hydrogen) atoms. The summed E-state index contributed by atoms with van der Waals surface area (Å²) >= 11 is 0. The average Bonchev–Trinajstić information content (AvgIpc) is 2.92. The molecule has 1 fully saturated rings. The Labute approximate surface area is 166 Å². The Kier molecular flexibility index (Phi) is 5.54. The Hall–Kier alpha value is -3.08. The lowest BCUT2D eigenvalue weighted by Gasteiger charge is -2.15. The van der Waals surface area contributed by atoms with Gasteiger partial charge < -0.3 is 10.1 Å². The normalized spacial score (nSPS) is 15.5. The highest BCUT2D eigenvalue weighted by atomic mass is 16.5. The minimum Gasteiger partial charge on any atom is -0.496 e. The van der Waals surface area contributed by atoms with Crippen LogP contribution < -0.4 is 10.1 Å². The Morgan fingerprint density at radius 3 is 2.39 bits per heavy atom. The number of carbonyl (C=O) groups excluding carboxylic acids is 2. The van der Waals surface area contributed by atoms with E-state index in [1.54, 1.807) is 13.2 Å². The summed E-state index contributed by atoms with van der Waals surface area (Å²) in [6.07, 6.45) is 1.75. The van der Waals surface area contributed by atoms with Crippen molar-refractivity contribution in [2.75, 3.05) is 7.11 Å². The molecule has 0 aromatic heterocycles. The van der Waals surface area contributed by atoms with Crippen molar-refractivity contribution in [1.29, 1.82) is 0 Å². The number of nitrogens with zero attached hydrogens (tertiary/aromatic N) is 1. The van der Waals surface area contributed by atoms with E-state index in [9.17, 15) is 9.59 Å². The van der Waals surface area contributed by atoms with Gasteiger partial charge in [-0.05, 0) is 60.2 Å². The van der Waals surface area contributed by atoms with E-state index in [-0.39, 0.29) is 18.4 Å². The first-order chi connectivity index (χ1) is 13.3. The van der Waals surface area contributed by atoms with E-state index in [2.05, 4.69) is 19.2 Å². The Bertz CT molecular complexity index is 943. The number of methoxy groups -OCH3 is 1. The number of aryl methyl sites for hydroxylation is 2. The van der Waals surface area contributed by atoms with Crippen molar-refractivity contribution in [2.45, 2.75) is 40.2 Å². The number of hydrogen-bond acceptors (Lipinski definition) is 3. The van der Waals surface area contributed by atoms with Gasteiger partial charge in [-0.2, -0.15) is 0 Å². The fourth-order valence-electron chi connectivity index (χ4n) is 3.25. The van der Waals surface area contributed by atoms with Crippen LogP contribution in [0.1, 0.15) is 47.6 Å². The van der Waals surface area contributed by atoms with Crippen LogP contribution in [0.3, 0.4) is 0 Å². The van der Waals surface area contributed by atoms with Crippen molar-refractivity contribution in [3.05, 3.63) is 69.9 Å². The second-order valence-electron chi connectivity index (χ2n) is 7.47. The van der Waals surface area contributed by atoms with Crippen molar-refractivity contribution in [2.24, 2.45) is 0 Å². The molecule has 5 nitrogen and oxygen atoms in total. The molecule has 2 aromatic carbocycles. The van der Waals surface area contributed by atoms with E-state index < -0.39 is 6.03 Å². The largest absolute Gasteiger partial charge is 0.496 e. The van der Waals surface area contributed by atoms with Crippen molar-refractivity contribution in [3.63, 3.8) is 0 Å². The first-order valence-corrected chi connectivity index (χ1v) is 9.38. The summed E-state index contributed by atoms with van der Waals surface area (Å²) < 4.78 is 5.48. The van der Waals surface area contributed by atoms with Crippen LogP contribution in [0.15, 0.2) is 42.1 Å². The highest BCUT2D eigenvalue weighted by Gasteiger charge is 2.33. The number of carbonyl (C=O) groups is 2. The zero-order valence-corrected chi connectivity index (χ0v) is 17.0. The number of imide groups is 1. The summed E-state index contributed by atoms with van der Waals surface area (Å²) in [5.41, 5.74) is 5.28. The highest BCUT2D eigenvalue weighted by Crippen LogP contribution is 2.31. The molecular formula is C23H26N2O3. The quantitative estimate of drug-likeness (QED) is 0.614. The molecule has 0 saturated carbocycles. The Morgan fingerprint density at radius 2 is 1.79 bits per heavy atom. The third-order valence-corrected chi connectivity index (χ3v) is 4.96. The maximum Gasteiger partial charge on any atom is 0.329 e. The van der Waals surface area contributed by atoms with E-state index >= 15 is 0 Å². The van der Waals surface area contributed by atoms with E-state index in [0.717, 1.165) is 33.6 Å². The molecule has 1 aliphatic rings. The summed E-state index contributed by atoms with van der Waals surface area (Å²) in [4.78, 5) is 26.4. The van der Waals surface area contributed by atoms with Crippen molar-refractivity contribution < 1.29 is 14.3 Å². The smallest absolute Gasteiger partial charge is 0.329 e. The van der Waals surface area contributed by atoms with Crippen LogP contribution in [-0.4, -0.2) is 23.9 Å². The standard InChI is InChI=1S/C23H26N2O3/c1-14(2)19-11-18(16(4)10-21(19)28-5)12-20-22(26)25(23(27)24-20)13-17-8-6-15(3)7-9-17/h6-12,14H,13H2,1-5H3,(H,24,27)/b20-12+. The highest BCUT2D eigenvalue weighted by molar-refractivity contribution is 6.14. The zero-order chi connectivity index (χ0) is 20.4. The molecule has 0 spiro atoms. The van der Waals surface area contributed by atoms with Gasteiger partial charge in [0.1, 0.15) is 11.4 Å². The number of rotatable bonds is 5. The van der Waals surface area contributed by atoms with Gasteiger partial charge in [0.2, 0.25) is 0 Å². The lowest BCUT2D eigenvalue weighted by Crippen LogP contribution is -2.30. The van der Waals surface area contributed by atoms with Crippen LogP contribution in [-0.2, 0) is 11.3 Å². The molecule has 1 N–H and O–H groups in total. The summed E-state index contributed by atoms with van der Waals surface area (Å²) in [5, 5.41) is 2.71. The lowest BCUT2D eigenvalue weighted by atomic mass is 9.96. The summed E-state index contributed by atoms with van der Waals surface area (Å²) in [6.45, 7) is 8.40. The fourth-order valence-corrected chi connectivity index (χ4v) is 3.25. The summed E-state index contributed by atoms with van der Waals surface area (Å²) in [7, 11) is 1.66. The van der Waals surface area contributed by atoms with Crippen LogP contribution >= 0.6 is 0 Å². The third-order valence-electron chi connectivity index (χ3n) is 4.96. The summed E-state index contributed by atoms with van der Waals surface area (Å²) in [5.74, 6) is 0.795. The molecule has 0 unspecified atom stereocenters. The molecule has 0 bridgehead atoms. The first-order valence-electron chi connectivity index (χ1n) is 9.38. The topological polar surface area (TPSA) is 58.6 Å². The number of ether oxygens (including phenoxy) is 1. The molecule has 0 radical (unpaired) electrons. The number of benzene rings is 2. The third kappa shape index (κ3) is 3.93. The fraction of sp³-hybridized carbons (Fsp3) is 0.304. The monoisotopic (exact) mass is 378 g/mol. The van der Waals surface area contributed by atoms with Gasteiger partial charge in [-0.15, -0.1) is 0 Å². The number of nitrogens with one attached hydrogen (secondary N) is 1. The lowest BCUT2D eigenvalue weighted by molar-refractivity contribution is -0.123. The van der Waals surface area contributed by atoms with Gasteiger partial charge in [0.15, 0.2) is 0 Å². The average molecular weight is 378 g/mol. The van der Waals surface area contributed by atoms with Crippen LogP contribution in [0.25, 0.3) is 6.08 Å². The number of hydrogen-bond donors (Lipinski definition) is 1. The van der Waals surface area contributed by atoms with Crippen LogP contribution in [0.2, 0.25) is 0 Å². The van der Waals surface area contributed by atoms with E-state index in [1.165, 1.54) is 4.90 Å². The second-order valence-corrected chi connectivity index (χ2v) is 7.47. The number of urea groups is 1. The molecule has 3 amide bonds. The molecule has 1 heterocycles. The van der Waals surface area contributed by atoms with Crippen LogP contribution in [0.5, 0.6) is 5.75 Å². The first kappa shape index (κ1) is 19.7. The SMILES string of the molecule is COc1cc(C)c(/C=C2/NC(=O)N(Cc3ccc(C)cc3)C2=O)cc1C(C)C. The summed E-state index contributed by atoms with van der Waals surface area (Å²) in [6, 6.07) is 11.4. The maximum atomic E-state index is 12.8. The van der Waals surface area contributed by atoms with Gasteiger partial charge in [-0.1, -0.05) is 43.7 Å². The van der Waals surface area contributed by atoms with E-state index in [0.29, 0.717) is 5.70 Å². The van der Waals surface area contributed by atoms with Gasteiger partial charge >= 0.3 is 6.03 Å². The van der Waals surface area contributed by atoms with Gasteiger partial charge in [0.05, 0.1) is 13.7 Å². The minimum atomic E-state index is -0.396. The molecule has 2 aromatic rings. The molecule has 0 aliphatic carbocycles. The van der Waals surface area contributed by atoms with Crippen molar-refractivity contribution in [1.82, 2.24) is 10.2 Å². The molecule has 3 rings (SSSR count). The second kappa shape index (κ2) is 7.89. The predicted molar refractivity (Wildman–Crippen MR) is 110 cm³/mol. The molecule has 1 saturated heterocycles. The van der Waals surface area contributed by atoms with Gasteiger partial charge in [0, 0.05) is 0 Å². The number of amides is 3. The van der Waals surface area contributed by atoms with Crippen LogP contribution in [0, 0.1) is 13.8 Å². The molecule has 0 atom stereocenters. The molecule has 1 aliphatic heterocycles. The van der Waals surface area contributed by atoms with Crippen molar-refractivity contribution >= 4 is 18.0 Å². The Morgan fingerprint density at radius 1 is 1.11 bits per heavy atom. The van der Waals surface area contributed by atoms with E-state index in [1.807, 2.05) is 50.2 Å². The van der Waals surface area contributed by atoms with Crippen molar-refractivity contribution in [3.8, 4) is 5.75 Å². The van der Waals surface area contributed by atoms with Crippen LogP contribution in [0.4, 0.5) is 4.79 Å². The van der Waals surface area contributed by atoms with Gasteiger partial charge in [-0.3, -0.25) is 9.69 Å². The van der Waals surface area contributed by atoms with Gasteiger partial charge in [-0.25, -0.2) is 4.79 Å². The predicted octanol–water partition coefficient (Wildman–Crippen LogP) is 4.53. The maximum absolute atomic E-state index is 12.8. The van der Waals surface area contributed by atoms with E-state index in [4.69, 9.17) is 4.74 Å². The molecule has 146 valence electrons. The molecular weight excluding hydrogens is 352 g/mol. The Balaban J connectivity index is 1.89. The zero-order valence-electron chi connectivity index (χ0n) is 17.0. The molecule has 5 heteroatoms.